The number of aromatic nitrogens is 2. The molecule has 2 aromatic rings. The fourth-order valence-electron chi connectivity index (χ4n) is 1.62. The third-order valence-electron chi connectivity index (χ3n) is 2.71. The van der Waals surface area contributed by atoms with E-state index < -0.39 is 0 Å². The van der Waals surface area contributed by atoms with Crippen molar-refractivity contribution in [3.05, 3.63) is 23.3 Å². The Labute approximate surface area is 82.7 Å². The van der Waals surface area contributed by atoms with Gasteiger partial charge in [0.25, 0.3) is 0 Å². The largest absolute Gasteiger partial charge is 0.312 e. The van der Waals surface area contributed by atoms with Crippen molar-refractivity contribution in [3.63, 3.8) is 0 Å². The Hall–Kier alpha value is -1.55. The zero-order valence-electron chi connectivity index (χ0n) is 8.63. The van der Waals surface area contributed by atoms with Gasteiger partial charge in [-0.25, -0.2) is 10.8 Å². The van der Waals surface area contributed by atoms with Crippen LogP contribution in [0.1, 0.15) is 11.1 Å². The van der Waals surface area contributed by atoms with Gasteiger partial charge in [0.1, 0.15) is 0 Å². The predicted molar refractivity (Wildman–Crippen MR) is 58.0 cm³/mol. The van der Waals surface area contributed by atoms with Crippen LogP contribution >= 0.6 is 0 Å². The summed E-state index contributed by atoms with van der Waals surface area (Å²) in [5, 5.41) is 0. The molecular weight excluding hydrogens is 176 g/mol. The number of hydrogen-bond donors (Lipinski definition) is 2. The number of nitrogen functional groups attached to an aromatic ring is 1. The lowest BCUT2D eigenvalue weighted by Gasteiger charge is -2.01. The van der Waals surface area contributed by atoms with Crippen LogP contribution in [0.4, 0.5) is 5.95 Å². The van der Waals surface area contributed by atoms with Crippen molar-refractivity contribution in [2.24, 2.45) is 12.9 Å². The van der Waals surface area contributed by atoms with E-state index in [-0.39, 0.29) is 0 Å². The van der Waals surface area contributed by atoms with Gasteiger partial charge < -0.3 is 4.57 Å². The van der Waals surface area contributed by atoms with Crippen LogP contribution in [0.2, 0.25) is 0 Å². The minimum atomic E-state index is 0.689. The van der Waals surface area contributed by atoms with Gasteiger partial charge in [0.05, 0.1) is 11.0 Å². The van der Waals surface area contributed by atoms with Crippen LogP contribution in [-0.2, 0) is 7.05 Å². The molecule has 0 saturated carbocycles. The maximum absolute atomic E-state index is 5.37. The van der Waals surface area contributed by atoms with E-state index in [4.69, 9.17) is 5.84 Å². The summed E-state index contributed by atoms with van der Waals surface area (Å²) < 4.78 is 1.95. The molecule has 0 unspecified atom stereocenters. The summed E-state index contributed by atoms with van der Waals surface area (Å²) in [6.07, 6.45) is 0. The van der Waals surface area contributed by atoms with E-state index in [9.17, 15) is 0 Å². The minimum Gasteiger partial charge on any atom is -0.312 e. The van der Waals surface area contributed by atoms with Crippen LogP contribution in [0.25, 0.3) is 11.0 Å². The highest BCUT2D eigenvalue weighted by Crippen LogP contribution is 2.22. The molecule has 0 bridgehead atoms. The average Bonchev–Trinajstić information content (AvgIpc) is 2.50. The van der Waals surface area contributed by atoms with E-state index in [0.717, 1.165) is 11.0 Å². The number of anilines is 1. The average molecular weight is 190 g/mol. The summed E-state index contributed by atoms with van der Waals surface area (Å²) >= 11 is 0. The van der Waals surface area contributed by atoms with Gasteiger partial charge in [-0.1, -0.05) is 6.07 Å². The lowest BCUT2D eigenvalue weighted by Crippen LogP contribution is -2.11. The molecule has 0 aliphatic rings. The highest BCUT2D eigenvalue weighted by atomic mass is 15.3. The Bertz CT molecular complexity index is 484. The van der Waals surface area contributed by atoms with E-state index in [0.29, 0.717) is 5.95 Å². The van der Waals surface area contributed by atoms with Gasteiger partial charge in [-0.3, -0.25) is 5.43 Å². The first-order valence-electron chi connectivity index (χ1n) is 4.54. The van der Waals surface area contributed by atoms with Crippen molar-refractivity contribution in [3.8, 4) is 0 Å². The number of nitrogens with one attached hydrogen (secondary N) is 1. The van der Waals surface area contributed by atoms with Gasteiger partial charge in [0.15, 0.2) is 0 Å². The summed E-state index contributed by atoms with van der Waals surface area (Å²) in [6, 6.07) is 4.16. The number of fused-ring (bicyclic) bond motifs is 1. The Balaban J connectivity index is 2.85. The quantitative estimate of drug-likeness (QED) is 0.529. The van der Waals surface area contributed by atoms with Crippen LogP contribution in [0.15, 0.2) is 12.1 Å². The molecule has 14 heavy (non-hydrogen) atoms. The first-order chi connectivity index (χ1) is 6.65. The molecule has 0 saturated heterocycles. The lowest BCUT2D eigenvalue weighted by atomic mass is 10.1. The van der Waals surface area contributed by atoms with Crippen LogP contribution in [0.5, 0.6) is 0 Å². The summed E-state index contributed by atoms with van der Waals surface area (Å²) in [4.78, 5) is 4.42. The molecule has 2 rings (SSSR count). The van der Waals surface area contributed by atoms with E-state index in [1.807, 2.05) is 11.6 Å². The van der Waals surface area contributed by atoms with Crippen molar-refractivity contribution < 1.29 is 0 Å². The number of aryl methyl sites for hydroxylation is 3. The van der Waals surface area contributed by atoms with Gasteiger partial charge >= 0.3 is 0 Å². The highest BCUT2D eigenvalue weighted by molar-refractivity contribution is 5.82. The molecule has 0 aliphatic carbocycles. The maximum Gasteiger partial charge on any atom is 0.218 e. The summed E-state index contributed by atoms with van der Waals surface area (Å²) in [6.45, 7) is 4.16. The third kappa shape index (κ3) is 1.08. The summed E-state index contributed by atoms with van der Waals surface area (Å²) in [7, 11) is 1.94. The van der Waals surface area contributed by atoms with Crippen molar-refractivity contribution >= 4 is 17.0 Å². The van der Waals surface area contributed by atoms with Gasteiger partial charge in [-0.15, -0.1) is 0 Å². The zero-order valence-corrected chi connectivity index (χ0v) is 8.63. The van der Waals surface area contributed by atoms with Crippen LogP contribution in [-0.4, -0.2) is 9.55 Å². The molecule has 3 N–H and O–H groups in total. The Morgan fingerprint density at radius 1 is 1.36 bits per heavy atom. The third-order valence-corrected chi connectivity index (χ3v) is 2.71. The van der Waals surface area contributed by atoms with Crippen molar-refractivity contribution in [1.29, 1.82) is 0 Å². The maximum atomic E-state index is 5.37. The standard InChI is InChI=1S/C10H14N4/c1-6-4-5-8-9(7(6)2)12-10(13-11)14(8)3/h4-5H,11H2,1-3H3,(H,12,13). The smallest absolute Gasteiger partial charge is 0.218 e. The van der Waals surface area contributed by atoms with Crippen LogP contribution in [0, 0.1) is 13.8 Å². The monoisotopic (exact) mass is 190 g/mol. The number of hydrazine groups is 1. The second-order valence-electron chi connectivity index (χ2n) is 3.51. The SMILES string of the molecule is Cc1ccc2c(nc(NN)n2C)c1C. The topological polar surface area (TPSA) is 55.9 Å². The molecular formula is C10H14N4. The van der Waals surface area contributed by atoms with Crippen LogP contribution < -0.4 is 11.3 Å². The van der Waals surface area contributed by atoms with E-state index in [1.54, 1.807) is 0 Å². The molecule has 0 spiro atoms. The van der Waals surface area contributed by atoms with E-state index >= 15 is 0 Å². The first kappa shape index (κ1) is 9.02. The number of benzene rings is 1. The van der Waals surface area contributed by atoms with Crippen molar-refractivity contribution in [1.82, 2.24) is 9.55 Å². The predicted octanol–water partition coefficient (Wildman–Crippen LogP) is 1.48. The van der Waals surface area contributed by atoms with Gasteiger partial charge in [0.2, 0.25) is 5.95 Å². The molecule has 0 aliphatic heterocycles. The molecule has 1 heterocycles. The molecule has 1 aromatic heterocycles. The lowest BCUT2D eigenvalue weighted by molar-refractivity contribution is 0.942. The Kier molecular flexibility index (Phi) is 1.93. The fraction of sp³-hybridized carbons (Fsp3) is 0.300. The Morgan fingerprint density at radius 3 is 2.71 bits per heavy atom. The molecule has 74 valence electrons. The molecule has 0 fully saturated rings. The van der Waals surface area contributed by atoms with Gasteiger partial charge in [0, 0.05) is 7.05 Å². The number of rotatable bonds is 1. The summed E-state index contributed by atoms with van der Waals surface area (Å²) in [5.41, 5.74) is 7.15. The molecule has 4 nitrogen and oxygen atoms in total. The fourth-order valence-corrected chi connectivity index (χ4v) is 1.62. The van der Waals surface area contributed by atoms with Crippen molar-refractivity contribution in [2.45, 2.75) is 13.8 Å². The number of imidazole rings is 1. The zero-order chi connectivity index (χ0) is 10.3. The molecule has 1 aromatic carbocycles. The number of nitrogens with two attached hydrogens (primary N) is 1. The van der Waals surface area contributed by atoms with Gasteiger partial charge in [-0.05, 0) is 31.0 Å². The summed E-state index contributed by atoms with van der Waals surface area (Å²) in [5.74, 6) is 6.06. The number of hydrogen-bond acceptors (Lipinski definition) is 3. The van der Waals surface area contributed by atoms with Crippen LogP contribution in [0.3, 0.4) is 0 Å². The second-order valence-corrected chi connectivity index (χ2v) is 3.51. The van der Waals surface area contributed by atoms with Gasteiger partial charge in [-0.2, -0.15) is 0 Å². The minimum absolute atomic E-state index is 0.689. The number of nitrogens with zero attached hydrogens (tertiary/aromatic N) is 2. The van der Waals surface area contributed by atoms with E-state index in [2.05, 4.69) is 36.4 Å². The first-order valence-corrected chi connectivity index (χ1v) is 4.54. The molecule has 0 amide bonds. The Morgan fingerprint density at radius 2 is 2.07 bits per heavy atom. The highest BCUT2D eigenvalue weighted by Gasteiger charge is 2.09. The second kappa shape index (κ2) is 2.99. The molecule has 0 atom stereocenters. The van der Waals surface area contributed by atoms with E-state index in [1.165, 1.54) is 11.1 Å². The van der Waals surface area contributed by atoms with Crippen molar-refractivity contribution in [2.75, 3.05) is 5.43 Å². The normalized spacial score (nSPS) is 10.9. The molecule has 4 heteroatoms. The molecule has 0 radical (unpaired) electrons.